The van der Waals surface area contributed by atoms with Gasteiger partial charge in [0.05, 0.1) is 18.6 Å². The highest BCUT2D eigenvalue weighted by Crippen LogP contribution is 2.33. The molecule has 0 saturated carbocycles. The van der Waals surface area contributed by atoms with E-state index in [4.69, 9.17) is 10.5 Å². The van der Waals surface area contributed by atoms with Gasteiger partial charge < -0.3 is 15.4 Å². The van der Waals surface area contributed by atoms with Crippen LogP contribution in [0.25, 0.3) is 5.57 Å². The summed E-state index contributed by atoms with van der Waals surface area (Å²) >= 11 is 0. The average molecular weight is 446 g/mol. The van der Waals surface area contributed by atoms with E-state index in [1.165, 1.54) is 12.1 Å². The van der Waals surface area contributed by atoms with Crippen molar-refractivity contribution in [3.63, 3.8) is 0 Å². The molecule has 0 spiro atoms. The topological polar surface area (TPSA) is 72.6 Å². The first-order chi connectivity index (χ1) is 15.2. The smallest absolute Gasteiger partial charge is 0.416 e. The lowest BCUT2D eigenvalue weighted by molar-refractivity contribution is -0.144. The molecule has 1 aliphatic rings. The number of nitrogens with zero attached hydrogens (tertiary/aromatic N) is 1. The van der Waals surface area contributed by atoms with Gasteiger partial charge in [-0.25, -0.2) is 0 Å². The second-order valence-electron chi connectivity index (χ2n) is 7.80. The van der Waals surface area contributed by atoms with Crippen LogP contribution >= 0.6 is 0 Å². The predicted octanol–water partition coefficient (Wildman–Crippen LogP) is 4.62. The van der Waals surface area contributed by atoms with Crippen LogP contribution in [0.3, 0.4) is 0 Å². The molecule has 1 aliphatic heterocycles. The van der Waals surface area contributed by atoms with E-state index in [2.05, 4.69) is 0 Å². The summed E-state index contributed by atoms with van der Waals surface area (Å²) in [7, 11) is 0. The minimum absolute atomic E-state index is 0.0410. The number of carbonyl (C=O) groups is 2. The second-order valence-corrected chi connectivity index (χ2v) is 7.80. The molecule has 1 atom stereocenters. The van der Waals surface area contributed by atoms with Crippen LogP contribution < -0.4 is 5.73 Å². The average Bonchev–Trinajstić information content (AvgIpc) is 2.73. The minimum atomic E-state index is -4.38. The summed E-state index contributed by atoms with van der Waals surface area (Å²) in [6.45, 7) is 2.98. The first-order valence-electron chi connectivity index (χ1n) is 10.3. The van der Waals surface area contributed by atoms with Gasteiger partial charge in [0.1, 0.15) is 0 Å². The summed E-state index contributed by atoms with van der Waals surface area (Å²) in [5, 5.41) is 0. The second kappa shape index (κ2) is 9.89. The van der Waals surface area contributed by atoms with Crippen molar-refractivity contribution in [3.05, 3.63) is 77.0 Å². The summed E-state index contributed by atoms with van der Waals surface area (Å²) in [5.41, 5.74) is 7.53. The van der Waals surface area contributed by atoms with Crippen LogP contribution in [0.5, 0.6) is 0 Å². The number of amides is 1. The Morgan fingerprint density at radius 2 is 1.88 bits per heavy atom. The Hall–Kier alpha value is -3.29. The Labute approximate surface area is 184 Å². The monoisotopic (exact) mass is 446 g/mol. The molecular formula is C24H25F3N2O3. The van der Waals surface area contributed by atoms with Gasteiger partial charge in [-0.3, -0.25) is 9.59 Å². The number of halogens is 3. The molecule has 2 aromatic rings. The van der Waals surface area contributed by atoms with Crippen molar-refractivity contribution in [2.24, 2.45) is 11.7 Å². The minimum Gasteiger partial charge on any atom is -0.466 e. The number of alkyl halides is 3. The van der Waals surface area contributed by atoms with Crippen molar-refractivity contribution in [1.29, 1.82) is 0 Å². The highest BCUT2D eigenvalue weighted by molar-refractivity contribution is 5.93. The fourth-order valence-corrected chi connectivity index (χ4v) is 3.83. The Balaban J connectivity index is 1.85. The Morgan fingerprint density at radius 1 is 1.16 bits per heavy atom. The maximum absolute atomic E-state index is 12.8. The van der Waals surface area contributed by atoms with Gasteiger partial charge in [-0.2, -0.15) is 13.2 Å². The molecule has 2 aromatic carbocycles. The molecule has 2 N–H and O–H groups in total. The van der Waals surface area contributed by atoms with Gasteiger partial charge in [-0.05, 0) is 60.2 Å². The molecule has 0 fully saturated rings. The molecule has 5 nitrogen and oxygen atoms in total. The fourth-order valence-electron chi connectivity index (χ4n) is 3.83. The molecule has 0 radical (unpaired) electrons. The van der Waals surface area contributed by atoms with Crippen LogP contribution in [-0.4, -0.2) is 29.9 Å². The van der Waals surface area contributed by atoms with Gasteiger partial charge in [0.25, 0.3) is 0 Å². The van der Waals surface area contributed by atoms with Gasteiger partial charge in [-0.15, -0.1) is 0 Å². The maximum atomic E-state index is 12.8. The fraction of sp³-hybridized carbons (Fsp3) is 0.333. The zero-order valence-corrected chi connectivity index (χ0v) is 17.7. The molecule has 170 valence electrons. The molecule has 0 aromatic heterocycles. The summed E-state index contributed by atoms with van der Waals surface area (Å²) in [4.78, 5) is 25.6. The van der Waals surface area contributed by atoms with Gasteiger partial charge in [0, 0.05) is 24.9 Å². The molecular weight excluding hydrogens is 421 g/mol. The first kappa shape index (κ1) is 23.4. The lowest BCUT2D eigenvalue weighted by Crippen LogP contribution is -2.31. The summed E-state index contributed by atoms with van der Waals surface area (Å²) in [5.74, 6) is -0.868. The largest absolute Gasteiger partial charge is 0.466 e. The number of esters is 1. The Morgan fingerprint density at radius 3 is 2.50 bits per heavy atom. The van der Waals surface area contributed by atoms with Gasteiger partial charge in [0.2, 0.25) is 5.91 Å². The van der Waals surface area contributed by atoms with Crippen molar-refractivity contribution < 1.29 is 27.5 Å². The van der Waals surface area contributed by atoms with E-state index in [-0.39, 0.29) is 18.3 Å². The molecule has 0 bridgehead atoms. The van der Waals surface area contributed by atoms with E-state index in [9.17, 15) is 22.8 Å². The zero-order chi connectivity index (χ0) is 23.3. The van der Waals surface area contributed by atoms with E-state index in [1.807, 2.05) is 17.2 Å². The van der Waals surface area contributed by atoms with Crippen molar-refractivity contribution >= 4 is 17.4 Å². The molecule has 3 rings (SSSR count). The normalized spacial score (nSPS) is 16.4. The molecule has 32 heavy (non-hydrogen) atoms. The predicted molar refractivity (Wildman–Crippen MR) is 114 cm³/mol. The lowest BCUT2D eigenvalue weighted by Gasteiger charge is -2.33. The highest BCUT2D eigenvalue weighted by atomic mass is 19.4. The molecule has 0 saturated heterocycles. The number of hydrogen-bond donors (Lipinski definition) is 1. The van der Waals surface area contributed by atoms with Crippen LogP contribution in [0.2, 0.25) is 0 Å². The number of carbonyl (C=O) groups excluding carboxylic acids is 2. The van der Waals surface area contributed by atoms with Crippen molar-refractivity contribution in [1.82, 2.24) is 4.90 Å². The van der Waals surface area contributed by atoms with Crippen molar-refractivity contribution in [2.45, 2.75) is 32.5 Å². The molecule has 0 aliphatic carbocycles. The summed E-state index contributed by atoms with van der Waals surface area (Å²) in [6, 6.07) is 12.0. The van der Waals surface area contributed by atoms with Gasteiger partial charge >= 0.3 is 12.1 Å². The van der Waals surface area contributed by atoms with Crippen LogP contribution in [0.4, 0.5) is 13.2 Å². The quantitative estimate of drug-likeness (QED) is 0.630. The van der Waals surface area contributed by atoms with Crippen LogP contribution in [0, 0.1) is 5.92 Å². The van der Waals surface area contributed by atoms with E-state index in [1.54, 1.807) is 25.1 Å². The van der Waals surface area contributed by atoms with Crippen LogP contribution in [0.15, 0.2) is 54.7 Å². The van der Waals surface area contributed by atoms with Crippen molar-refractivity contribution in [2.75, 3.05) is 13.2 Å². The zero-order valence-electron chi connectivity index (χ0n) is 17.7. The number of benzene rings is 2. The van der Waals surface area contributed by atoms with E-state index >= 15 is 0 Å². The number of allylic oxidation sites excluding steroid dienone is 1. The lowest BCUT2D eigenvalue weighted by atomic mass is 9.88. The molecule has 1 amide bonds. The van der Waals surface area contributed by atoms with Gasteiger partial charge in [0.15, 0.2) is 0 Å². The summed E-state index contributed by atoms with van der Waals surface area (Å²) < 4.78 is 43.6. The van der Waals surface area contributed by atoms with E-state index in [0.717, 1.165) is 28.8 Å². The third-order valence-corrected chi connectivity index (χ3v) is 5.29. The SMILES string of the molecule is CCOC(=O)CC1CC(c2cccc(C(N)=O)c2)=CN(Cc2ccc(C(F)(F)F)cc2)C1. The van der Waals surface area contributed by atoms with Crippen LogP contribution in [0.1, 0.15) is 46.8 Å². The van der Waals surface area contributed by atoms with E-state index < -0.39 is 17.6 Å². The third-order valence-electron chi connectivity index (χ3n) is 5.29. The highest BCUT2D eigenvalue weighted by Gasteiger charge is 2.30. The van der Waals surface area contributed by atoms with Gasteiger partial charge in [-0.1, -0.05) is 24.3 Å². The van der Waals surface area contributed by atoms with Crippen LogP contribution in [-0.2, 0) is 22.3 Å². The number of rotatable bonds is 7. The number of nitrogens with two attached hydrogens (primary N) is 1. The number of ether oxygens (including phenoxy) is 1. The molecule has 1 unspecified atom stereocenters. The molecule has 1 heterocycles. The standard InChI is InChI=1S/C24H25F3N2O3/c1-2-32-22(30)11-17-10-20(18-4-3-5-19(12-18)23(28)31)15-29(14-17)13-16-6-8-21(9-7-16)24(25,26)27/h3-9,12,15,17H,2,10-11,13-14H2,1H3,(H2,28,31). The number of primary amides is 1. The Bertz CT molecular complexity index is 1000. The van der Waals surface area contributed by atoms with Crippen molar-refractivity contribution in [3.8, 4) is 0 Å². The van der Waals surface area contributed by atoms with E-state index in [0.29, 0.717) is 31.7 Å². The third kappa shape index (κ3) is 6.12. The Kier molecular flexibility index (Phi) is 7.22. The summed E-state index contributed by atoms with van der Waals surface area (Å²) in [6.07, 6.45) is -1.62. The number of hydrogen-bond acceptors (Lipinski definition) is 4. The first-order valence-corrected chi connectivity index (χ1v) is 10.3. The molecule has 8 heteroatoms. The maximum Gasteiger partial charge on any atom is 0.416 e.